The Morgan fingerprint density at radius 1 is 1.04 bits per heavy atom. The van der Waals surface area contributed by atoms with Crippen LogP contribution in [0.4, 0.5) is 0 Å². The van der Waals surface area contributed by atoms with Crippen molar-refractivity contribution in [1.82, 2.24) is 9.80 Å². The van der Waals surface area contributed by atoms with Crippen molar-refractivity contribution >= 4 is 0 Å². The maximum absolute atomic E-state index is 9.55. The van der Waals surface area contributed by atoms with Crippen molar-refractivity contribution in [3.05, 3.63) is 29.8 Å². The summed E-state index contributed by atoms with van der Waals surface area (Å²) >= 11 is 0. The number of ether oxygens (including phenoxy) is 1. The van der Waals surface area contributed by atoms with Gasteiger partial charge in [-0.3, -0.25) is 9.80 Å². The second kappa shape index (κ2) is 11.0. The normalized spacial score (nSPS) is 22.8. The van der Waals surface area contributed by atoms with Crippen molar-refractivity contribution in [2.75, 3.05) is 46.0 Å². The highest BCUT2D eigenvalue weighted by atomic mass is 16.5. The summed E-state index contributed by atoms with van der Waals surface area (Å²) in [5, 5.41) is 18.5. The largest absolute Gasteiger partial charge is 0.491 e. The summed E-state index contributed by atoms with van der Waals surface area (Å²) < 4.78 is 5.54. The van der Waals surface area contributed by atoms with E-state index in [0.29, 0.717) is 12.6 Å². The van der Waals surface area contributed by atoms with Crippen LogP contribution in [-0.4, -0.2) is 72.1 Å². The lowest BCUT2D eigenvalue weighted by Crippen LogP contribution is -2.54. The average molecular weight is 377 g/mol. The van der Waals surface area contributed by atoms with E-state index in [4.69, 9.17) is 9.84 Å². The van der Waals surface area contributed by atoms with Crippen LogP contribution < -0.4 is 4.74 Å². The summed E-state index contributed by atoms with van der Waals surface area (Å²) in [4.78, 5) is 5.15. The molecule has 1 unspecified atom stereocenters. The molecule has 3 rings (SSSR count). The molecule has 1 heterocycles. The molecule has 0 radical (unpaired) electrons. The van der Waals surface area contributed by atoms with E-state index >= 15 is 0 Å². The van der Waals surface area contributed by atoms with Crippen LogP contribution in [-0.2, 0) is 6.54 Å². The summed E-state index contributed by atoms with van der Waals surface area (Å²) in [5.74, 6) is 1.68. The Kier molecular flexibility index (Phi) is 8.39. The van der Waals surface area contributed by atoms with E-state index in [0.717, 1.165) is 44.3 Å². The lowest BCUT2D eigenvalue weighted by Gasteiger charge is -2.43. The Hall–Kier alpha value is -1.14. The average Bonchev–Trinajstić information content (AvgIpc) is 2.70. The topological polar surface area (TPSA) is 56.2 Å². The lowest BCUT2D eigenvalue weighted by atomic mass is 9.88. The molecule has 0 bridgehead atoms. The summed E-state index contributed by atoms with van der Waals surface area (Å²) in [7, 11) is 0. The third-order valence-electron chi connectivity index (χ3n) is 6.03. The van der Waals surface area contributed by atoms with Gasteiger partial charge in [-0.25, -0.2) is 0 Å². The SMILES string of the molecule is OCCOc1cccc(CN2CCN(CC3CCCCC3)C(CCO)C2)c1. The first-order valence-electron chi connectivity index (χ1n) is 10.7. The molecule has 0 spiro atoms. The van der Waals surface area contributed by atoms with E-state index in [9.17, 15) is 5.11 Å². The Labute approximate surface area is 163 Å². The third-order valence-corrected chi connectivity index (χ3v) is 6.03. The van der Waals surface area contributed by atoms with E-state index in [-0.39, 0.29) is 13.2 Å². The molecule has 1 aromatic carbocycles. The van der Waals surface area contributed by atoms with Crippen LogP contribution in [0.1, 0.15) is 44.1 Å². The van der Waals surface area contributed by atoms with Gasteiger partial charge in [0, 0.05) is 45.4 Å². The first-order valence-corrected chi connectivity index (χ1v) is 10.7. The van der Waals surface area contributed by atoms with Gasteiger partial charge in [0.05, 0.1) is 6.61 Å². The van der Waals surface area contributed by atoms with Crippen LogP contribution in [0.25, 0.3) is 0 Å². The summed E-state index contributed by atoms with van der Waals surface area (Å²) in [6.07, 6.45) is 7.82. The second-order valence-electron chi connectivity index (χ2n) is 8.12. The van der Waals surface area contributed by atoms with Crippen molar-refractivity contribution in [3.8, 4) is 5.75 Å². The van der Waals surface area contributed by atoms with E-state index < -0.39 is 0 Å². The Bertz CT molecular complexity index is 548. The number of rotatable bonds is 9. The number of nitrogens with zero attached hydrogens (tertiary/aromatic N) is 2. The van der Waals surface area contributed by atoms with Crippen molar-refractivity contribution in [3.63, 3.8) is 0 Å². The zero-order valence-electron chi connectivity index (χ0n) is 16.6. The fraction of sp³-hybridized carbons (Fsp3) is 0.727. The molecule has 1 saturated heterocycles. The molecule has 2 aliphatic rings. The fourth-order valence-electron chi connectivity index (χ4n) is 4.62. The third kappa shape index (κ3) is 6.46. The van der Waals surface area contributed by atoms with Gasteiger partial charge in [0.1, 0.15) is 12.4 Å². The predicted octanol–water partition coefficient (Wildman–Crippen LogP) is 2.51. The number of benzene rings is 1. The first kappa shape index (κ1) is 20.6. The molecule has 27 heavy (non-hydrogen) atoms. The van der Waals surface area contributed by atoms with Crippen molar-refractivity contribution in [2.45, 2.75) is 51.1 Å². The quantitative estimate of drug-likeness (QED) is 0.694. The van der Waals surface area contributed by atoms with Crippen LogP contribution in [0.3, 0.4) is 0 Å². The first-order chi connectivity index (χ1) is 13.3. The van der Waals surface area contributed by atoms with Crippen LogP contribution >= 0.6 is 0 Å². The van der Waals surface area contributed by atoms with Gasteiger partial charge in [-0.1, -0.05) is 31.4 Å². The van der Waals surface area contributed by atoms with Crippen LogP contribution in [0.2, 0.25) is 0 Å². The molecule has 0 amide bonds. The van der Waals surface area contributed by atoms with Gasteiger partial charge in [0.15, 0.2) is 0 Å². The van der Waals surface area contributed by atoms with Crippen molar-refractivity contribution in [1.29, 1.82) is 0 Å². The molecule has 152 valence electrons. The highest BCUT2D eigenvalue weighted by Crippen LogP contribution is 2.27. The molecule has 0 aromatic heterocycles. The Morgan fingerprint density at radius 2 is 1.89 bits per heavy atom. The van der Waals surface area contributed by atoms with Crippen LogP contribution in [0.5, 0.6) is 5.75 Å². The molecule has 1 atom stereocenters. The minimum absolute atomic E-state index is 0.0377. The lowest BCUT2D eigenvalue weighted by molar-refractivity contribution is 0.0400. The van der Waals surface area contributed by atoms with Crippen LogP contribution in [0.15, 0.2) is 24.3 Å². The summed E-state index contributed by atoms with van der Waals surface area (Å²) in [6, 6.07) is 8.63. The van der Waals surface area contributed by atoms with Gasteiger partial charge in [-0.15, -0.1) is 0 Å². The number of aliphatic hydroxyl groups is 2. The van der Waals surface area contributed by atoms with Crippen molar-refractivity contribution in [2.24, 2.45) is 5.92 Å². The van der Waals surface area contributed by atoms with Gasteiger partial charge in [-0.2, -0.15) is 0 Å². The van der Waals surface area contributed by atoms with Gasteiger partial charge in [-0.05, 0) is 42.9 Å². The standard InChI is InChI=1S/C22H36N2O3/c25-12-9-21-18-23(10-11-24(21)17-19-5-2-1-3-6-19)16-20-7-4-8-22(15-20)27-14-13-26/h4,7-8,15,19,21,25-26H,1-3,5-6,9-14,16-18H2. The zero-order valence-corrected chi connectivity index (χ0v) is 16.6. The number of hydrogen-bond acceptors (Lipinski definition) is 5. The van der Waals surface area contributed by atoms with Gasteiger partial charge in [0.2, 0.25) is 0 Å². The Balaban J connectivity index is 1.54. The molecule has 1 aliphatic carbocycles. The van der Waals surface area contributed by atoms with Gasteiger partial charge < -0.3 is 14.9 Å². The molecular weight excluding hydrogens is 340 g/mol. The molecule has 1 saturated carbocycles. The highest BCUT2D eigenvalue weighted by molar-refractivity contribution is 5.28. The maximum Gasteiger partial charge on any atom is 0.119 e. The molecular formula is C22H36N2O3. The summed E-state index contributed by atoms with van der Waals surface area (Å²) in [5.41, 5.74) is 1.24. The molecule has 5 nitrogen and oxygen atoms in total. The smallest absolute Gasteiger partial charge is 0.119 e. The molecule has 1 aromatic rings. The van der Waals surface area contributed by atoms with E-state index in [2.05, 4.69) is 21.9 Å². The minimum Gasteiger partial charge on any atom is -0.491 e. The fourth-order valence-corrected chi connectivity index (χ4v) is 4.62. The monoisotopic (exact) mass is 376 g/mol. The number of hydrogen-bond donors (Lipinski definition) is 2. The molecule has 2 N–H and O–H groups in total. The van der Waals surface area contributed by atoms with E-state index in [1.165, 1.54) is 44.2 Å². The summed E-state index contributed by atoms with van der Waals surface area (Å²) in [6.45, 7) is 5.97. The second-order valence-corrected chi connectivity index (χ2v) is 8.12. The predicted molar refractivity (Wildman–Crippen MR) is 108 cm³/mol. The van der Waals surface area contributed by atoms with Crippen molar-refractivity contribution < 1.29 is 14.9 Å². The maximum atomic E-state index is 9.55. The molecule has 5 heteroatoms. The van der Waals surface area contributed by atoms with Gasteiger partial charge in [0.25, 0.3) is 0 Å². The number of aliphatic hydroxyl groups excluding tert-OH is 2. The van der Waals surface area contributed by atoms with E-state index in [1.54, 1.807) is 0 Å². The Morgan fingerprint density at radius 3 is 2.67 bits per heavy atom. The zero-order chi connectivity index (χ0) is 18.9. The van der Waals surface area contributed by atoms with E-state index in [1.807, 2.05) is 12.1 Å². The highest BCUT2D eigenvalue weighted by Gasteiger charge is 2.28. The van der Waals surface area contributed by atoms with Gasteiger partial charge >= 0.3 is 0 Å². The number of piperazine rings is 1. The molecule has 2 fully saturated rings. The van der Waals surface area contributed by atoms with Crippen LogP contribution in [0, 0.1) is 5.92 Å². The molecule has 1 aliphatic heterocycles. The minimum atomic E-state index is 0.0377.